The van der Waals surface area contributed by atoms with E-state index in [4.69, 9.17) is 16.0 Å². The molecule has 1 N–H and O–H groups in total. The van der Waals surface area contributed by atoms with Crippen LogP contribution in [0.1, 0.15) is 21.9 Å². The molecule has 0 saturated heterocycles. The average Bonchev–Trinajstić information content (AvgIpc) is 3.12. The number of rotatable bonds is 7. The maximum atomic E-state index is 12.3. The van der Waals surface area contributed by atoms with Crippen LogP contribution in [0.15, 0.2) is 76.0 Å². The second-order valence-corrected chi connectivity index (χ2v) is 7.59. The van der Waals surface area contributed by atoms with Crippen molar-refractivity contribution in [2.75, 3.05) is 6.54 Å². The van der Waals surface area contributed by atoms with Gasteiger partial charge in [-0.3, -0.25) is 9.00 Å². The lowest BCUT2D eigenvalue weighted by atomic mass is 10.1. The molecular weight excluding hydrogens is 370 g/mol. The van der Waals surface area contributed by atoms with E-state index in [1.165, 1.54) is 0 Å². The molecule has 0 bridgehead atoms. The molecule has 0 aliphatic carbocycles. The van der Waals surface area contributed by atoms with Gasteiger partial charge in [0.25, 0.3) is 5.91 Å². The number of amides is 1. The summed E-state index contributed by atoms with van der Waals surface area (Å²) >= 11 is 5.85. The Hall–Kier alpha value is -2.37. The Morgan fingerprint density at radius 2 is 1.73 bits per heavy atom. The van der Waals surface area contributed by atoms with E-state index in [-0.39, 0.29) is 17.4 Å². The minimum Gasteiger partial charge on any atom is -0.455 e. The summed E-state index contributed by atoms with van der Waals surface area (Å²) in [6.07, 6.45) is 0.703. The number of carbonyl (C=O) groups is 1. The smallest absolute Gasteiger partial charge is 0.287 e. The van der Waals surface area contributed by atoms with Crippen molar-refractivity contribution in [3.8, 4) is 0 Å². The van der Waals surface area contributed by atoms with Crippen molar-refractivity contribution in [1.82, 2.24) is 5.32 Å². The summed E-state index contributed by atoms with van der Waals surface area (Å²) in [6, 6.07) is 20.0. The summed E-state index contributed by atoms with van der Waals surface area (Å²) in [6.45, 7) is 0.493. The molecule has 134 valence electrons. The highest BCUT2D eigenvalue weighted by Gasteiger charge is 2.13. The second-order valence-electron chi connectivity index (χ2n) is 5.70. The molecule has 3 aromatic rings. The largest absolute Gasteiger partial charge is 0.455 e. The van der Waals surface area contributed by atoms with Crippen LogP contribution < -0.4 is 5.32 Å². The second kappa shape index (κ2) is 8.83. The average molecular weight is 388 g/mol. The van der Waals surface area contributed by atoms with Crippen molar-refractivity contribution in [2.45, 2.75) is 17.1 Å². The Kier molecular flexibility index (Phi) is 6.26. The molecule has 4 nitrogen and oxygen atoms in total. The van der Waals surface area contributed by atoms with Gasteiger partial charge in [-0.05, 0) is 48.4 Å². The number of hydrogen-bond acceptors (Lipinski definition) is 3. The van der Waals surface area contributed by atoms with Crippen molar-refractivity contribution in [2.24, 2.45) is 0 Å². The zero-order valence-corrected chi connectivity index (χ0v) is 15.6. The number of carbonyl (C=O) groups excluding carboxylic acids is 1. The molecule has 26 heavy (non-hydrogen) atoms. The van der Waals surface area contributed by atoms with Crippen LogP contribution in [0.3, 0.4) is 0 Å². The molecule has 0 saturated carbocycles. The molecule has 2 aromatic carbocycles. The van der Waals surface area contributed by atoms with E-state index in [2.05, 4.69) is 5.32 Å². The fourth-order valence-corrected chi connectivity index (χ4v) is 3.59. The molecule has 1 amide bonds. The molecular formula is C20H18ClNO3S. The van der Waals surface area contributed by atoms with Gasteiger partial charge >= 0.3 is 0 Å². The van der Waals surface area contributed by atoms with Gasteiger partial charge in [-0.15, -0.1) is 0 Å². The first-order valence-electron chi connectivity index (χ1n) is 8.16. The Morgan fingerprint density at radius 1 is 1.00 bits per heavy atom. The highest BCUT2D eigenvalue weighted by Crippen LogP contribution is 2.15. The number of halogens is 1. The number of benzene rings is 2. The van der Waals surface area contributed by atoms with E-state index in [9.17, 15) is 9.00 Å². The van der Waals surface area contributed by atoms with Crippen molar-refractivity contribution in [1.29, 1.82) is 0 Å². The molecule has 1 atom stereocenters. The summed E-state index contributed by atoms with van der Waals surface area (Å²) in [4.78, 5) is 12.9. The van der Waals surface area contributed by atoms with Crippen LogP contribution in [-0.2, 0) is 23.0 Å². The van der Waals surface area contributed by atoms with Gasteiger partial charge in [0.1, 0.15) is 5.76 Å². The van der Waals surface area contributed by atoms with Gasteiger partial charge in [-0.25, -0.2) is 0 Å². The lowest BCUT2D eigenvalue weighted by Crippen LogP contribution is -2.25. The SMILES string of the molecule is O=C(NCCc1ccc(Cl)cc1)c1ccc(C[S@@](=O)c2ccccc2)o1. The van der Waals surface area contributed by atoms with E-state index in [0.29, 0.717) is 23.7 Å². The van der Waals surface area contributed by atoms with Gasteiger partial charge in [0.2, 0.25) is 0 Å². The third-order valence-corrected chi connectivity index (χ3v) is 5.37. The van der Waals surface area contributed by atoms with Gasteiger partial charge in [-0.1, -0.05) is 41.9 Å². The molecule has 0 aliphatic heterocycles. The van der Waals surface area contributed by atoms with Gasteiger partial charge in [-0.2, -0.15) is 0 Å². The predicted molar refractivity (Wildman–Crippen MR) is 103 cm³/mol. The van der Waals surface area contributed by atoms with Crippen molar-refractivity contribution < 1.29 is 13.4 Å². The third-order valence-electron chi connectivity index (χ3n) is 3.78. The fraction of sp³-hybridized carbons (Fsp3) is 0.150. The Bertz CT molecular complexity index is 891. The molecule has 0 fully saturated rings. The van der Waals surface area contributed by atoms with E-state index in [1.54, 1.807) is 12.1 Å². The summed E-state index contributed by atoms with van der Waals surface area (Å²) in [5, 5.41) is 3.51. The minimum absolute atomic E-state index is 0.223. The maximum Gasteiger partial charge on any atom is 0.287 e. The van der Waals surface area contributed by atoms with Crippen LogP contribution in [0.4, 0.5) is 0 Å². The first-order valence-corrected chi connectivity index (χ1v) is 9.86. The summed E-state index contributed by atoms with van der Waals surface area (Å²) in [5.74, 6) is 0.703. The van der Waals surface area contributed by atoms with E-state index in [1.807, 2.05) is 54.6 Å². The summed E-state index contributed by atoms with van der Waals surface area (Å²) < 4.78 is 17.8. The topological polar surface area (TPSA) is 59.3 Å². The highest BCUT2D eigenvalue weighted by molar-refractivity contribution is 7.84. The maximum absolute atomic E-state index is 12.3. The number of hydrogen-bond donors (Lipinski definition) is 1. The van der Waals surface area contributed by atoms with Gasteiger partial charge in [0, 0.05) is 16.5 Å². The van der Waals surface area contributed by atoms with Crippen LogP contribution in [0.25, 0.3) is 0 Å². The van der Waals surface area contributed by atoms with E-state index >= 15 is 0 Å². The number of nitrogens with one attached hydrogen (secondary N) is 1. The fourth-order valence-electron chi connectivity index (χ4n) is 2.42. The van der Waals surface area contributed by atoms with Crippen LogP contribution in [0.5, 0.6) is 0 Å². The Balaban J connectivity index is 1.51. The molecule has 0 spiro atoms. The lowest BCUT2D eigenvalue weighted by Gasteiger charge is -2.04. The van der Waals surface area contributed by atoms with Gasteiger partial charge < -0.3 is 9.73 Å². The normalized spacial score (nSPS) is 11.9. The molecule has 1 aromatic heterocycles. The molecule has 3 rings (SSSR count). The van der Waals surface area contributed by atoms with E-state index < -0.39 is 10.8 Å². The predicted octanol–water partition coefficient (Wildman–Crippen LogP) is 4.21. The lowest BCUT2D eigenvalue weighted by molar-refractivity contribution is 0.0925. The van der Waals surface area contributed by atoms with Crippen LogP contribution in [0, 0.1) is 0 Å². The Labute approximate surface area is 159 Å². The van der Waals surface area contributed by atoms with Gasteiger partial charge in [0.15, 0.2) is 5.76 Å². The standard InChI is InChI=1S/C20H18ClNO3S/c21-16-8-6-15(7-9-16)12-13-22-20(23)19-11-10-17(25-19)14-26(24)18-4-2-1-3-5-18/h1-11H,12-14H2,(H,22,23)/t26-/m1/s1. The zero-order chi connectivity index (χ0) is 18.4. The van der Waals surface area contributed by atoms with Crippen LogP contribution in [-0.4, -0.2) is 16.7 Å². The minimum atomic E-state index is -1.20. The Morgan fingerprint density at radius 3 is 2.46 bits per heavy atom. The first-order chi connectivity index (χ1) is 12.6. The van der Waals surface area contributed by atoms with Gasteiger partial charge in [0.05, 0.1) is 16.6 Å². The van der Waals surface area contributed by atoms with Crippen molar-refractivity contribution in [3.05, 3.63) is 88.8 Å². The monoisotopic (exact) mass is 387 g/mol. The first kappa shape index (κ1) is 18.4. The molecule has 0 unspecified atom stereocenters. The van der Waals surface area contributed by atoms with Crippen LogP contribution >= 0.6 is 11.6 Å². The van der Waals surface area contributed by atoms with Crippen molar-refractivity contribution >= 4 is 28.3 Å². The molecule has 0 aliphatic rings. The summed E-state index contributed by atoms with van der Waals surface area (Å²) in [7, 11) is -1.20. The zero-order valence-electron chi connectivity index (χ0n) is 14.0. The highest BCUT2D eigenvalue weighted by atomic mass is 35.5. The van der Waals surface area contributed by atoms with Crippen LogP contribution in [0.2, 0.25) is 5.02 Å². The molecule has 0 radical (unpaired) electrons. The van der Waals surface area contributed by atoms with E-state index in [0.717, 1.165) is 10.5 Å². The quantitative estimate of drug-likeness (QED) is 0.660. The molecule has 6 heteroatoms. The summed E-state index contributed by atoms with van der Waals surface area (Å²) in [5.41, 5.74) is 1.09. The number of furan rings is 1. The van der Waals surface area contributed by atoms with Crippen molar-refractivity contribution in [3.63, 3.8) is 0 Å². The third kappa shape index (κ3) is 5.07. The molecule has 1 heterocycles.